The second kappa shape index (κ2) is 12.1. The van der Waals surface area contributed by atoms with Crippen molar-refractivity contribution < 1.29 is 23.7 Å². The second-order valence-corrected chi connectivity index (χ2v) is 6.96. The van der Waals surface area contributed by atoms with Crippen LogP contribution < -0.4 is 10.00 Å². The van der Waals surface area contributed by atoms with Gasteiger partial charge in [0, 0.05) is 12.5 Å². The number of nitrogens with one attached hydrogen (secondary N) is 1. The first-order valence-electron chi connectivity index (χ1n) is 10.2. The van der Waals surface area contributed by atoms with Crippen LogP contribution in [0.3, 0.4) is 0 Å². The molecule has 0 fully saturated rings. The summed E-state index contributed by atoms with van der Waals surface area (Å²) in [5.74, 6) is -0.494. The summed E-state index contributed by atoms with van der Waals surface area (Å²) < 4.78 is 12.5. The van der Waals surface area contributed by atoms with Gasteiger partial charge in [-0.25, -0.2) is 9.59 Å². The van der Waals surface area contributed by atoms with Crippen LogP contribution >= 0.6 is 0 Å². The number of carbonyl (C=O) groups excluding carboxylic acids is 2. The number of alkyl carbamates (subject to hydrolysis) is 1. The Balaban J connectivity index is 1.54. The fraction of sp³-hybridized carbons (Fsp3) is 0.250. The van der Waals surface area contributed by atoms with Crippen LogP contribution in [0, 0.1) is 0 Å². The lowest BCUT2D eigenvalue weighted by Gasteiger charge is -2.17. The molecule has 31 heavy (non-hydrogen) atoms. The molecule has 2 aromatic carbocycles. The van der Waals surface area contributed by atoms with Crippen molar-refractivity contribution in [2.24, 2.45) is 0 Å². The lowest BCUT2D eigenvalue weighted by Crippen LogP contribution is -2.43. The first-order chi connectivity index (χ1) is 15.2. The number of amides is 1. The van der Waals surface area contributed by atoms with E-state index >= 15 is 0 Å². The van der Waals surface area contributed by atoms with Crippen LogP contribution in [0.4, 0.5) is 4.79 Å². The minimum absolute atomic E-state index is 0.127. The van der Waals surface area contributed by atoms with E-state index in [4.69, 9.17) is 9.47 Å². The van der Waals surface area contributed by atoms with Gasteiger partial charge >= 0.3 is 12.1 Å². The molecule has 0 saturated carbocycles. The van der Waals surface area contributed by atoms with Crippen LogP contribution in [0.25, 0.3) is 0 Å². The maximum absolute atomic E-state index is 12.7. The number of esters is 1. The first-order valence-corrected chi connectivity index (χ1v) is 10.2. The van der Waals surface area contributed by atoms with Crippen molar-refractivity contribution in [3.05, 3.63) is 96.3 Å². The SMILES string of the molecule is O=C(N[C@@H](CCC[n+]1ccccn1)C(=O)OCc1ccccc1)OCc1ccccc1. The Hall–Kier alpha value is -3.74. The third-order valence-corrected chi connectivity index (χ3v) is 4.56. The zero-order valence-electron chi connectivity index (χ0n) is 17.2. The van der Waals surface area contributed by atoms with E-state index in [0.717, 1.165) is 11.1 Å². The smallest absolute Gasteiger partial charge is 0.408 e. The Morgan fingerprint density at radius 1 is 0.871 bits per heavy atom. The van der Waals surface area contributed by atoms with Crippen LogP contribution in [0.5, 0.6) is 0 Å². The van der Waals surface area contributed by atoms with Crippen molar-refractivity contribution in [1.29, 1.82) is 0 Å². The van der Waals surface area contributed by atoms with Crippen molar-refractivity contribution in [2.75, 3.05) is 0 Å². The third-order valence-electron chi connectivity index (χ3n) is 4.56. The Labute approximate surface area is 181 Å². The van der Waals surface area contributed by atoms with Gasteiger partial charge in [-0.15, -0.1) is 0 Å². The molecule has 0 saturated heterocycles. The highest BCUT2D eigenvalue weighted by Gasteiger charge is 2.23. The summed E-state index contributed by atoms with van der Waals surface area (Å²) in [6, 6.07) is 21.7. The maximum Gasteiger partial charge on any atom is 0.408 e. The fourth-order valence-electron chi connectivity index (χ4n) is 2.94. The number of hydrogen-bond donors (Lipinski definition) is 1. The summed E-state index contributed by atoms with van der Waals surface area (Å²) in [6.45, 7) is 0.887. The number of benzene rings is 2. The third kappa shape index (κ3) is 7.89. The molecule has 3 rings (SSSR count). The van der Waals surface area contributed by atoms with E-state index in [9.17, 15) is 9.59 Å². The summed E-state index contributed by atoms with van der Waals surface area (Å²) in [6.07, 6.45) is 3.93. The van der Waals surface area contributed by atoms with E-state index in [-0.39, 0.29) is 13.2 Å². The van der Waals surface area contributed by atoms with Crippen LogP contribution in [-0.2, 0) is 34.0 Å². The summed E-state index contributed by atoms with van der Waals surface area (Å²) >= 11 is 0. The zero-order valence-corrected chi connectivity index (χ0v) is 17.2. The quantitative estimate of drug-likeness (QED) is 0.402. The van der Waals surface area contributed by atoms with Gasteiger partial charge in [0.05, 0.1) is 6.20 Å². The number of rotatable bonds is 10. The molecule has 0 bridgehead atoms. The molecule has 1 N–H and O–H groups in total. The van der Waals surface area contributed by atoms with Crippen molar-refractivity contribution in [1.82, 2.24) is 10.4 Å². The zero-order chi connectivity index (χ0) is 21.7. The largest absolute Gasteiger partial charge is 0.459 e. The standard InChI is InChI=1S/C24H25N3O4/c28-23(30-18-20-10-3-1-4-11-20)22(14-9-17-27-16-8-7-15-25-27)26-24(29)31-19-21-12-5-2-6-13-21/h1-8,10-13,15-16,22H,9,14,17-19H2/p+1/t22-/m0/s1. The maximum atomic E-state index is 12.7. The molecule has 1 amide bonds. The highest BCUT2D eigenvalue weighted by molar-refractivity contribution is 5.81. The van der Waals surface area contributed by atoms with Crippen molar-refractivity contribution in [3.63, 3.8) is 0 Å². The molecule has 7 nitrogen and oxygen atoms in total. The average molecular weight is 420 g/mol. The molecule has 1 aromatic heterocycles. The summed E-state index contributed by atoms with van der Waals surface area (Å²) in [7, 11) is 0. The lowest BCUT2D eigenvalue weighted by atomic mass is 10.1. The van der Waals surface area contributed by atoms with Crippen LogP contribution in [-0.4, -0.2) is 23.2 Å². The monoisotopic (exact) mass is 420 g/mol. The van der Waals surface area contributed by atoms with Gasteiger partial charge in [-0.3, -0.25) is 0 Å². The summed E-state index contributed by atoms with van der Waals surface area (Å²) in [5.41, 5.74) is 1.75. The van der Waals surface area contributed by atoms with Crippen molar-refractivity contribution >= 4 is 12.1 Å². The van der Waals surface area contributed by atoms with E-state index in [2.05, 4.69) is 10.4 Å². The van der Waals surface area contributed by atoms with Crippen molar-refractivity contribution in [2.45, 2.75) is 38.6 Å². The Bertz CT molecular complexity index is 937. The van der Waals surface area contributed by atoms with E-state index in [1.165, 1.54) is 0 Å². The van der Waals surface area contributed by atoms with Gasteiger partial charge < -0.3 is 14.8 Å². The van der Waals surface area contributed by atoms with Crippen molar-refractivity contribution in [3.8, 4) is 0 Å². The van der Waals surface area contributed by atoms with Gasteiger partial charge in [-0.2, -0.15) is 0 Å². The lowest BCUT2D eigenvalue weighted by molar-refractivity contribution is -0.754. The molecule has 7 heteroatoms. The molecule has 160 valence electrons. The van der Waals surface area contributed by atoms with E-state index in [1.54, 1.807) is 10.9 Å². The molecule has 0 aliphatic rings. The van der Waals surface area contributed by atoms with Crippen LogP contribution in [0.15, 0.2) is 85.2 Å². The molecule has 0 radical (unpaired) electrons. The first kappa shape index (κ1) is 22.0. The molecule has 0 aliphatic heterocycles. The number of aromatic nitrogens is 2. The Morgan fingerprint density at radius 3 is 2.13 bits per heavy atom. The highest BCUT2D eigenvalue weighted by Crippen LogP contribution is 2.07. The predicted molar refractivity (Wildman–Crippen MR) is 113 cm³/mol. The Kier molecular flexibility index (Phi) is 8.55. The normalized spacial score (nSPS) is 11.4. The topological polar surface area (TPSA) is 81.4 Å². The summed E-state index contributed by atoms with van der Waals surface area (Å²) in [5, 5.41) is 6.85. The van der Waals surface area contributed by atoms with Gasteiger partial charge in [0.25, 0.3) is 0 Å². The number of hydrogen-bond acceptors (Lipinski definition) is 5. The van der Waals surface area contributed by atoms with Crippen LogP contribution in [0.1, 0.15) is 24.0 Å². The predicted octanol–water partition coefficient (Wildman–Crippen LogP) is 3.19. The molecule has 0 spiro atoms. The number of nitrogens with zero attached hydrogens (tertiary/aromatic N) is 2. The van der Waals surface area contributed by atoms with Gasteiger partial charge in [-0.05, 0) is 28.7 Å². The number of ether oxygens (including phenoxy) is 2. The highest BCUT2D eigenvalue weighted by atomic mass is 16.6. The molecular formula is C24H26N3O4+. The summed E-state index contributed by atoms with van der Waals surface area (Å²) in [4.78, 5) is 24.9. The average Bonchev–Trinajstić information content (AvgIpc) is 2.82. The van der Waals surface area contributed by atoms with Gasteiger partial charge in [0.1, 0.15) is 19.3 Å². The minimum atomic E-state index is -0.809. The number of carbonyl (C=O) groups is 2. The van der Waals surface area contributed by atoms with E-state index < -0.39 is 18.1 Å². The molecule has 0 aliphatic carbocycles. The fourth-order valence-corrected chi connectivity index (χ4v) is 2.94. The molecule has 1 heterocycles. The van der Waals surface area contributed by atoms with Crippen LogP contribution in [0.2, 0.25) is 0 Å². The molecule has 3 aromatic rings. The van der Waals surface area contributed by atoms with E-state index in [1.807, 2.05) is 79.0 Å². The van der Waals surface area contributed by atoms with E-state index in [0.29, 0.717) is 19.4 Å². The second-order valence-electron chi connectivity index (χ2n) is 6.96. The number of aryl methyl sites for hydroxylation is 1. The minimum Gasteiger partial charge on any atom is -0.459 e. The molecule has 1 atom stereocenters. The van der Waals surface area contributed by atoms with Gasteiger partial charge in [-0.1, -0.05) is 65.3 Å². The van der Waals surface area contributed by atoms with Gasteiger partial charge in [0.15, 0.2) is 12.7 Å². The molecule has 0 unspecified atom stereocenters. The Morgan fingerprint density at radius 2 is 1.52 bits per heavy atom. The molecular weight excluding hydrogens is 394 g/mol. The van der Waals surface area contributed by atoms with Gasteiger partial charge in [0.2, 0.25) is 0 Å².